The average Bonchev–Trinajstić information content (AvgIpc) is 3.78. The van der Waals surface area contributed by atoms with E-state index in [2.05, 4.69) is 77.9 Å². The van der Waals surface area contributed by atoms with Gasteiger partial charge in [-0.25, -0.2) is 0 Å². The van der Waals surface area contributed by atoms with Crippen molar-refractivity contribution in [1.82, 2.24) is 0 Å². The van der Waals surface area contributed by atoms with Gasteiger partial charge in [-0.3, -0.25) is 0 Å². The standard InChI is InChI=1S/C12H6O3.6C4H9.2Sn/c1-3-9(13-7-1)11-5-6-12(15-11)10-4-2-8-14-10;6*1-3-4-2;;/h1-6H;6*1,3-4H2,2H3;;. The van der Waals surface area contributed by atoms with Gasteiger partial charge in [-0.1, -0.05) is 0 Å². The third-order valence-corrected chi connectivity index (χ3v) is 39.3. The first-order chi connectivity index (χ1) is 20.0. The first-order valence-corrected chi connectivity index (χ1v) is 32.3. The molecule has 3 aromatic heterocycles. The Morgan fingerprint density at radius 1 is 0.366 bits per heavy atom. The Bertz CT molecular complexity index is 979. The summed E-state index contributed by atoms with van der Waals surface area (Å²) in [5, 5.41) is 0. The van der Waals surface area contributed by atoms with Crippen molar-refractivity contribution < 1.29 is 13.3 Å². The van der Waals surface area contributed by atoms with Crippen LogP contribution in [0.25, 0.3) is 23.0 Å². The van der Waals surface area contributed by atoms with E-state index in [4.69, 9.17) is 13.3 Å². The van der Waals surface area contributed by atoms with Crippen LogP contribution in [0.15, 0.2) is 49.6 Å². The van der Waals surface area contributed by atoms with Crippen LogP contribution in [0.1, 0.15) is 119 Å². The molecule has 0 aromatic carbocycles. The molecule has 0 saturated carbocycles. The maximum atomic E-state index is 6.75. The predicted molar refractivity (Wildman–Crippen MR) is 183 cm³/mol. The van der Waals surface area contributed by atoms with Gasteiger partial charge in [-0.2, -0.15) is 0 Å². The summed E-state index contributed by atoms with van der Waals surface area (Å²) in [6, 6.07) is 13.2. The third-order valence-electron chi connectivity index (χ3n) is 9.40. The molecule has 0 atom stereocenters. The van der Waals surface area contributed by atoms with E-state index in [9.17, 15) is 0 Å². The van der Waals surface area contributed by atoms with Gasteiger partial charge in [0.25, 0.3) is 0 Å². The molecule has 5 heteroatoms. The number of hydrogen-bond donors (Lipinski definition) is 0. The fourth-order valence-corrected chi connectivity index (χ4v) is 37.2. The van der Waals surface area contributed by atoms with Crippen molar-refractivity contribution >= 4 is 44.3 Å². The molecule has 0 spiro atoms. The quantitative estimate of drug-likeness (QED) is 0.0954. The zero-order valence-corrected chi connectivity index (χ0v) is 33.1. The molecule has 0 saturated heterocycles. The van der Waals surface area contributed by atoms with Crippen LogP contribution >= 0.6 is 0 Å². The molecule has 0 unspecified atom stereocenters. The summed E-state index contributed by atoms with van der Waals surface area (Å²) in [6.07, 6.45) is 15.7. The second-order valence-electron chi connectivity index (χ2n) is 12.7. The molecular formula is C36H60O3Sn2. The van der Waals surface area contributed by atoms with Crippen LogP contribution in [-0.2, 0) is 0 Å². The second-order valence-corrected chi connectivity index (χ2v) is 38.7. The van der Waals surface area contributed by atoms with Gasteiger partial charge in [0.15, 0.2) is 0 Å². The van der Waals surface area contributed by atoms with E-state index in [-0.39, 0.29) is 0 Å². The fourth-order valence-electron chi connectivity index (χ4n) is 6.69. The molecule has 3 heterocycles. The number of unbranched alkanes of at least 4 members (excludes halogenated alkanes) is 6. The number of rotatable bonds is 22. The van der Waals surface area contributed by atoms with Gasteiger partial charge in [0, 0.05) is 0 Å². The van der Waals surface area contributed by atoms with Crippen molar-refractivity contribution in [2.24, 2.45) is 0 Å². The molecule has 0 aliphatic rings. The van der Waals surface area contributed by atoms with Crippen molar-refractivity contribution in [1.29, 1.82) is 0 Å². The van der Waals surface area contributed by atoms with Crippen LogP contribution in [-0.4, -0.2) is 36.8 Å². The Kier molecular flexibility index (Phi) is 15.6. The molecule has 0 N–H and O–H groups in total. The van der Waals surface area contributed by atoms with E-state index in [1.165, 1.54) is 111 Å². The van der Waals surface area contributed by atoms with Gasteiger partial charge in [0.1, 0.15) is 0 Å². The minimum absolute atomic E-state index is 0.837. The van der Waals surface area contributed by atoms with Crippen LogP contribution < -0.4 is 7.55 Å². The summed E-state index contributed by atoms with van der Waals surface area (Å²) in [5.74, 6) is 3.46. The van der Waals surface area contributed by atoms with E-state index >= 15 is 0 Å². The van der Waals surface area contributed by atoms with E-state index in [0.717, 1.165) is 23.0 Å². The monoisotopic (exact) mass is 780 g/mol. The van der Waals surface area contributed by atoms with Crippen LogP contribution in [0.4, 0.5) is 0 Å². The molecule has 3 aromatic rings. The molecule has 0 amide bonds. The minimum atomic E-state index is -2.60. The topological polar surface area (TPSA) is 39.4 Å². The molecule has 3 rings (SSSR count). The van der Waals surface area contributed by atoms with E-state index < -0.39 is 36.8 Å². The van der Waals surface area contributed by atoms with E-state index in [0.29, 0.717) is 0 Å². The van der Waals surface area contributed by atoms with Gasteiger partial charge >= 0.3 is 262 Å². The van der Waals surface area contributed by atoms with E-state index in [1.807, 2.05) is 0 Å². The van der Waals surface area contributed by atoms with Gasteiger partial charge < -0.3 is 0 Å². The number of hydrogen-bond acceptors (Lipinski definition) is 3. The van der Waals surface area contributed by atoms with Crippen molar-refractivity contribution in [3.05, 3.63) is 36.4 Å². The Labute approximate surface area is 260 Å². The summed E-state index contributed by atoms with van der Waals surface area (Å²) in [6.45, 7) is 14.0. The molecule has 3 nitrogen and oxygen atoms in total. The molecular weight excluding hydrogens is 718 g/mol. The van der Waals surface area contributed by atoms with Gasteiger partial charge in [0.05, 0.1) is 0 Å². The van der Waals surface area contributed by atoms with Gasteiger partial charge in [0.2, 0.25) is 0 Å². The summed E-state index contributed by atoms with van der Waals surface area (Å²) in [5.41, 5.74) is 0. The summed E-state index contributed by atoms with van der Waals surface area (Å²) in [4.78, 5) is 0. The zero-order chi connectivity index (χ0) is 29.6. The van der Waals surface area contributed by atoms with Crippen LogP contribution in [0.5, 0.6) is 0 Å². The summed E-state index contributed by atoms with van der Waals surface area (Å²) >= 11 is -5.20. The average molecular weight is 778 g/mol. The fraction of sp³-hybridized carbons (Fsp3) is 0.667. The van der Waals surface area contributed by atoms with Crippen molar-refractivity contribution in [2.45, 2.75) is 145 Å². The predicted octanol–water partition coefficient (Wildman–Crippen LogP) is 11.9. The first kappa shape index (κ1) is 34.9. The Hall–Kier alpha value is -0.563. The number of furan rings is 3. The first-order valence-electron chi connectivity index (χ1n) is 17.3. The van der Waals surface area contributed by atoms with Crippen LogP contribution in [0.2, 0.25) is 26.6 Å². The van der Waals surface area contributed by atoms with E-state index in [1.54, 1.807) is 0 Å². The van der Waals surface area contributed by atoms with Crippen molar-refractivity contribution in [3.63, 3.8) is 0 Å². The molecule has 0 aliphatic heterocycles. The Morgan fingerprint density at radius 2 is 0.610 bits per heavy atom. The summed E-state index contributed by atoms with van der Waals surface area (Å²) in [7, 11) is 0. The zero-order valence-electron chi connectivity index (χ0n) is 27.4. The second kappa shape index (κ2) is 18.3. The maximum absolute atomic E-state index is 6.75. The van der Waals surface area contributed by atoms with Crippen molar-refractivity contribution in [3.8, 4) is 23.0 Å². The molecule has 0 aliphatic carbocycles. The normalized spacial score (nSPS) is 12.4. The molecule has 230 valence electrons. The molecule has 0 fully saturated rings. The Morgan fingerprint density at radius 3 is 0.878 bits per heavy atom. The SMILES string of the molecule is CCC[CH2][Sn]([CH2]CCC)([CH2]CCC)[c]1ccc(-c2ccc(-c3cc[c]([Sn]([CH2]CCC)([CH2]CCC)[CH2]CCC)o3)o2)o1. The van der Waals surface area contributed by atoms with Crippen LogP contribution in [0, 0.1) is 0 Å². The van der Waals surface area contributed by atoms with Gasteiger partial charge in [-0.05, 0) is 0 Å². The Balaban J connectivity index is 1.89. The molecule has 0 radical (unpaired) electrons. The molecule has 0 bridgehead atoms. The molecule has 41 heavy (non-hydrogen) atoms. The third kappa shape index (κ3) is 9.46. The summed E-state index contributed by atoms with van der Waals surface area (Å²) < 4.78 is 31.2. The van der Waals surface area contributed by atoms with Crippen molar-refractivity contribution in [2.75, 3.05) is 0 Å². The van der Waals surface area contributed by atoms with Gasteiger partial charge in [-0.15, -0.1) is 0 Å². The van der Waals surface area contributed by atoms with Crippen LogP contribution in [0.3, 0.4) is 0 Å².